The van der Waals surface area contributed by atoms with Crippen LogP contribution in [0.25, 0.3) is 17.3 Å². The van der Waals surface area contributed by atoms with E-state index in [1.165, 1.54) is 5.56 Å². The van der Waals surface area contributed by atoms with Gasteiger partial charge in [0.05, 0.1) is 5.69 Å². The van der Waals surface area contributed by atoms with Crippen molar-refractivity contribution in [2.75, 3.05) is 11.4 Å². The molecule has 0 bridgehead atoms. The lowest BCUT2D eigenvalue weighted by atomic mass is 10.0. The zero-order valence-electron chi connectivity index (χ0n) is 17.9. The minimum absolute atomic E-state index is 0.0973. The van der Waals surface area contributed by atoms with Gasteiger partial charge in [-0.25, -0.2) is 0 Å². The molecule has 0 fully saturated rings. The van der Waals surface area contributed by atoms with Crippen molar-refractivity contribution in [2.45, 2.75) is 34.6 Å². The number of carbonyl (C=O) groups excluding carboxylic acids is 1. The molecule has 1 amide bonds. The summed E-state index contributed by atoms with van der Waals surface area (Å²) in [6, 6.07) is 18.8. The first-order valence-corrected chi connectivity index (χ1v) is 10.3. The van der Waals surface area contributed by atoms with Crippen LogP contribution in [0.4, 0.5) is 5.69 Å². The Labute approximate surface area is 173 Å². The molecule has 3 heteroatoms. The molecule has 148 valence electrons. The second kappa shape index (κ2) is 7.40. The van der Waals surface area contributed by atoms with E-state index in [0.717, 1.165) is 46.0 Å². The number of carbonyl (C=O) groups is 1. The van der Waals surface area contributed by atoms with E-state index in [2.05, 4.69) is 81.7 Å². The van der Waals surface area contributed by atoms with Crippen molar-refractivity contribution >= 4 is 23.2 Å². The third-order valence-corrected chi connectivity index (χ3v) is 5.57. The highest BCUT2D eigenvalue weighted by Crippen LogP contribution is 2.38. The maximum absolute atomic E-state index is 13.3. The molecule has 1 aromatic heterocycles. The summed E-state index contributed by atoms with van der Waals surface area (Å²) in [6.07, 6.45) is 2.06. The molecule has 2 aromatic carbocycles. The Morgan fingerprint density at radius 2 is 1.66 bits per heavy atom. The fourth-order valence-corrected chi connectivity index (χ4v) is 4.17. The number of aromatic nitrogens is 1. The van der Waals surface area contributed by atoms with Crippen molar-refractivity contribution in [2.24, 2.45) is 5.92 Å². The predicted octanol–water partition coefficient (Wildman–Crippen LogP) is 5.95. The molecular weight excluding hydrogens is 356 g/mol. The van der Waals surface area contributed by atoms with E-state index in [4.69, 9.17) is 0 Å². The average molecular weight is 385 g/mol. The lowest BCUT2D eigenvalue weighted by molar-refractivity contribution is -0.113. The van der Waals surface area contributed by atoms with Crippen molar-refractivity contribution in [3.63, 3.8) is 0 Å². The summed E-state index contributed by atoms with van der Waals surface area (Å²) in [7, 11) is 0. The maximum atomic E-state index is 13.3. The Kier molecular flexibility index (Phi) is 4.91. The zero-order valence-corrected chi connectivity index (χ0v) is 17.9. The summed E-state index contributed by atoms with van der Waals surface area (Å²) in [6.45, 7) is 11.4. The topological polar surface area (TPSA) is 25.2 Å². The standard InChI is InChI=1S/C26H28N2O/c1-17(2)16-27-25-9-7-6-8-23(25)24(26(27)29)15-21-14-19(4)28(20(21)5)22-12-10-18(3)11-13-22/h6-15,17H,16H2,1-5H3/b24-15-. The highest BCUT2D eigenvalue weighted by atomic mass is 16.2. The molecule has 0 unspecified atom stereocenters. The number of fused-ring (bicyclic) bond motifs is 1. The number of anilines is 1. The molecule has 1 aliphatic heterocycles. The number of amides is 1. The number of rotatable bonds is 4. The quantitative estimate of drug-likeness (QED) is 0.511. The normalized spacial score (nSPS) is 14.9. The summed E-state index contributed by atoms with van der Waals surface area (Å²) >= 11 is 0. The predicted molar refractivity (Wildman–Crippen MR) is 121 cm³/mol. The van der Waals surface area contributed by atoms with Crippen LogP contribution in [0.3, 0.4) is 0 Å². The van der Waals surface area contributed by atoms with E-state index in [0.29, 0.717) is 5.92 Å². The average Bonchev–Trinajstić information content (AvgIpc) is 3.11. The van der Waals surface area contributed by atoms with Gasteiger partial charge in [0.25, 0.3) is 5.91 Å². The molecule has 0 saturated heterocycles. The van der Waals surface area contributed by atoms with Crippen LogP contribution in [0.5, 0.6) is 0 Å². The number of hydrogen-bond acceptors (Lipinski definition) is 1. The van der Waals surface area contributed by atoms with Crippen LogP contribution >= 0.6 is 0 Å². The molecule has 0 spiro atoms. The molecule has 0 saturated carbocycles. The largest absolute Gasteiger partial charge is 0.318 e. The Hall–Kier alpha value is -3.07. The van der Waals surface area contributed by atoms with Gasteiger partial charge in [0.1, 0.15) is 0 Å². The van der Waals surface area contributed by atoms with E-state index in [1.54, 1.807) is 0 Å². The van der Waals surface area contributed by atoms with Gasteiger partial charge in [-0.1, -0.05) is 49.7 Å². The zero-order chi connectivity index (χ0) is 20.7. The molecule has 3 nitrogen and oxygen atoms in total. The Morgan fingerprint density at radius 3 is 2.34 bits per heavy atom. The van der Waals surface area contributed by atoms with Gasteiger partial charge >= 0.3 is 0 Å². The van der Waals surface area contributed by atoms with Crippen molar-refractivity contribution in [3.8, 4) is 5.69 Å². The van der Waals surface area contributed by atoms with E-state index in [9.17, 15) is 4.79 Å². The summed E-state index contributed by atoms with van der Waals surface area (Å²) in [5.41, 5.74) is 8.62. The van der Waals surface area contributed by atoms with Crippen molar-refractivity contribution < 1.29 is 4.79 Å². The Balaban J connectivity index is 1.80. The summed E-state index contributed by atoms with van der Waals surface area (Å²) < 4.78 is 2.25. The van der Waals surface area contributed by atoms with Gasteiger partial charge < -0.3 is 9.47 Å². The minimum Gasteiger partial charge on any atom is -0.318 e. The van der Waals surface area contributed by atoms with Gasteiger partial charge in [-0.15, -0.1) is 0 Å². The van der Waals surface area contributed by atoms with Crippen LogP contribution in [-0.4, -0.2) is 17.0 Å². The highest BCUT2D eigenvalue weighted by molar-refractivity contribution is 6.35. The van der Waals surface area contributed by atoms with Crippen molar-refractivity contribution in [1.29, 1.82) is 0 Å². The SMILES string of the molecule is Cc1ccc(-n2c(C)cc(/C=C3\C(=O)N(CC(C)C)c4ccccc43)c2C)cc1. The second-order valence-corrected chi connectivity index (χ2v) is 8.38. The highest BCUT2D eigenvalue weighted by Gasteiger charge is 2.32. The number of benzene rings is 2. The molecule has 2 heterocycles. The van der Waals surface area contributed by atoms with Crippen LogP contribution < -0.4 is 4.90 Å². The molecule has 4 rings (SSSR count). The van der Waals surface area contributed by atoms with Crippen LogP contribution in [0.1, 0.15) is 41.9 Å². The molecule has 0 aliphatic carbocycles. The lowest BCUT2D eigenvalue weighted by Gasteiger charge is -2.19. The maximum Gasteiger partial charge on any atom is 0.259 e. The fraction of sp³-hybridized carbons (Fsp3) is 0.269. The number of para-hydroxylation sites is 1. The van der Waals surface area contributed by atoms with E-state index >= 15 is 0 Å². The molecule has 0 N–H and O–H groups in total. The number of aryl methyl sites for hydroxylation is 2. The third kappa shape index (κ3) is 3.42. The smallest absolute Gasteiger partial charge is 0.259 e. The first-order valence-electron chi connectivity index (χ1n) is 10.3. The molecule has 0 radical (unpaired) electrons. The Bertz CT molecular complexity index is 1100. The number of hydrogen-bond donors (Lipinski definition) is 0. The fourth-order valence-electron chi connectivity index (χ4n) is 4.17. The van der Waals surface area contributed by atoms with E-state index < -0.39 is 0 Å². The third-order valence-electron chi connectivity index (χ3n) is 5.57. The van der Waals surface area contributed by atoms with E-state index in [-0.39, 0.29) is 5.91 Å². The summed E-state index contributed by atoms with van der Waals surface area (Å²) in [5, 5.41) is 0. The van der Waals surface area contributed by atoms with Gasteiger partial charge in [-0.2, -0.15) is 0 Å². The Morgan fingerprint density at radius 1 is 0.966 bits per heavy atom. The summed E-state index contributed by atoms with van der Waals surface area (Å²) in [5.74, 6) is 0.512. The second-order valence-electron chi connectivity index (χ2n) is 8.38. The van der Waals surface area contributed by atoms with Gasteiger partial charge in [0, 0.05) is 34.8 Å². The van der Waals surface area contributed by atoms with Crippen LogP contribution in [0.15, 0.2) is 54.6 Å². The number of nitrogens with zero attached hydrogens (tertiary/aromatic N) is 2. The molecule has 3 aromatic rings. The monoisotopic (exact) mass is 384 g/mol. The first-order chi connectivity index (χ1) is 13.9. The van der Waals surface area contributed by atoms with Gasteiger partial charge in [-0.3, -0.25) is 4.79 Å². The lowest BCUT2D eigenvalue weighted by Crippen LogP contribution is -2.30. The molecule has 1 aliphatic rings. The first kappa shape index (κ1) is 19.3. The van der Waals surface area contributed by atoms with Crippen LogP contribution in [0.2, 0.25) is 0 Å². The molecular formula is C26H28N2O. The van der Waals surface area contributed by atoms with Gasteiger partial charge in [0.2, 0.25) is 0 Å². The molecule has 29 heavy (non-hydrogen) atoms. The van der Waals surface area contributed by atoms with E-state index in [1.807, 2.05) is 23.1 Å². The van der Waals surface area contributed by atoms with Crippen LogP contribution in [-0.2, 0) is 4.79 Å². The molecule has 0 atom stereocenters. The van der Waals surface area contributed by atoms with Gasteiger partial charge in [-0.05, 0) is 62.6 Å². The van der Waals surface area contributed by atoms with Crippen molar-refractivity contribution in [3.05, 3.63) is 82.7 Å². The minimum atomic E-state index is 0.0973. The summed E-state index contributed by atoms with van der Waals surface area (Å²) in [4.78, 5) is 15.2. The van der Waals surface area contributed by atoms with Crippen molar-refractivity contribution in [1.82, 2.24) is 4.57 Å². The van der Waals surface area contributed by atoms with Gasteiger partial charge in [0.15, 0.2) is 0 Å². The van der Waals surface area contributed by atoms with Crippen LogP contribution in [0, 0.1) is 26.7 Å².